The molecule has 3 rings (SSSR count). The molecule has 0 saturated carbocycles. The lowest BCUT2D eigenvalue weighted by Gasteiger charge is -2.13. The Balaban J connectivity index is 1.63. The van der Waals surface area contributed by atoms with Gasteiger partial charge in [-0.05, 0) is 44.0 Å². The van der Waals surface area contributed by atoms with Crippen molar-refractivity contribution in [3.8, 4) is 11.5 Å². The zero-order chi connectivity index (χ0) is 23.1. The van der Waals surface area contributed by atoms with Gasteiger partial charge in [0.05, 0.1) is 35.4 Å². The van der Waals surface area contributed by atoms with Crippen LogP contribution in [0.2, 0.25) is 0 Å². The van der Waals surface area contributed by atoms with E-state index >= 15 is 0 Å². The fraction of sp³-hybridized carbons (Fsp3) is 0.318. The Labute approximate surface area is 183 Å². The Morgan fingerprint density at radius 2 is 1.88 bits per heavy atom. The van der Waals surface area contributed by atoms with Crippen LogP contribution in [0.3, 0.4) is 0 Å². The van der Waals surface area contributed by atoms with E-state index in [1.165, 1.54) is 24.5 Å². The number of nitrogens with one attached hydrogen (secondary N) is 1. The molecule has 1 N–H and O–H groups in total. The van der Waals surface area contributed by atoms with Crippen molar-refractivity contribution in [2.75, 3.05) is 19.8 Å². The standard InChI is InChI=1S/C22H24N4O6/c1-3-31-19-8-5-15(11-20(19)32-4-2)9-10-23-21(27)13-25-14-24-18-7-6-16(26(29)30)12-17(18)22(25)28/h5-8,11-12,14H,3-4,9-10,13H2,1-2H3,(H,23,27). The van der Waals surface area contributed by atoms with Crippen LogP contribution in [0.15, 0.2) is 47.5 Å². The van der Waals surface area contributed by atoms with Crippen molar-refractivity contribution >= 4 is 22.5 Å². The predicted molar refractivity (Wildman–Crippen MR) is 118 cm³/mol. The van der Waals surface area contributed by atoms with E-state index in [0.717, 1.165) is 10.1 Å². The summed E-state index contributed by atoms with van der Waals surface area (Å²) in [5.74, 6) is 0.960. The molecule has 10 nitrogen and oxygen atoms in total. The first-order valence-corrected chi connectivity index (χ1v) is 10.2. The van der Waals surface area contributed by atoms with Gasteiger partial charge in [-0.1, -0.05) is 6.07 Å². The number of carbonyl (C=O) groups is 1. The number of nitrogens with zero attached hydrogens (tertiary/aromatic N) is 3. The summed E-state index contributed by atoms with van der Waals surface area (Å²) >= 11 is 0. The maximum Gasteiger partial charge on any atom is 0.270 e. The van der Waals surface area contributed by atoms with Crippen molar-refractivity contribution < 1.29 is 19.2 Å². The first-order valence-electron chi connectivity index (χ1n) is 10.2. The predicted octanol–water partition coefficient (Wildman–Crippen LogP) is 2.46. The summed E-state index contributed by atoms with van der Waals surface area (Å²) in [5.41, 5.74) is 0.578. The van der Waals surface area contributed by atoms with Crippen LogP contribution in [0.5, 0.6) is 11.5 Å². The van der Waals surface area contributed by atoms with Gasteiger partial charge < -0.3 is 14.8 Å². The van der Waals surface area contributed by atoms with Crippen LogP contribution in [0.1, 0.15) is 19.4 Å². The van der Waals surface area contributed by atoms with Gasteiger partial charge >= 0.3 is 0 Å². The Kier molecular flexibility index (Phi) is 7.37. The van der Waals surface area contributed by atoms with Crippen molar-refractivity contribution in [3.05, 3.63) is 68.8 Å². The number of carbonyl (C=O) groups excluding carboxylic acids is 1. The zero-order valence-corrected chi connectivity index (χ0v) is 17.9. The molecule has 3 aromatic rings. The van der Waals surface area contributed by atoms with Crippen LogP contribution in [0.25, 0.3) is 10.9 Å². The lowest BCUT2D eigenvalue weighted by atomic mass is 10.1. The van der Waals surface area contributed by atoms with Crippen LogP contribution in [0, 0.1) is 10.1 Å². The number of hydrogen-bond acceptors (Lipinski definition) is 7. The highest BCUT2D eigenvalue weighted by Crippen LogP contribution is 2.28. The van der Waals surface area contributed by atoms with Crippen LogP contribution < -0.4 is 20.3 Å². The second-order valence-corrected chi connectivity index (χ2v) is 6.88. The molecule has 0 atom stereocenters. The summed E-state index contributed by atoms with van der Waals surface area (Å²) in [6, 6.07) is 9.48. The minimum Gasteiger partial charge on any atom is -0.490 e. The molecule has 0 aliphatic carbocycles. The van der Waals surface area contributed by atoms with Gasteiger partial charge in [-0.2, -0.15) is 0 Å². The van der Waals surface area contributed by atoms with Crippen molar-refractivity contribution in [2.45, 2.75) is 26.8 Å². The van der Waals surface area contributed by atoms with Gasteiger partial charge in [0.1, 0.15) is 6.54 Å². The van der Waals surface area contributed by atoms with Crippen molar-refractivity contribution in [1.29, 1.82) is 0 Å². The molecule has 1 aromatic heterocycles. The second kappa shape index (κ2) is 10.4. The van der Waals surface area contributed by atoms with Gasteiger partial charge in [-0.15, -0.1) is 0 Å². The van der Waals surface area contributed by atoms with Crippen LogP contribution in [-0.4, -0.2) is 40.1 Å². The molecule has 1 heterocycles. The summed E-state index contributed by atoms with van der Waals surface area (Å²) in [5, 5.41) is 13.8. The second-order valence-electron chi connectivity index (χ2n) is 6.88. The lowest BCUT2D eigenvalue weighted by Crippen LogP contribution is -2.33. The summed E-state index contributed by atoms with van der Waals surface area (Å²) < 4.78 is 12.3. The van der Waals surface area contributed by atoms with E-state index in [-0.39, 0.29) is 23.5 Å². The van der Waals surface area contributed by atoms with Crippen LogP contribution >= 0.6 is 0 Å². The van der Waals surface area contributed by atoms with E-state index in [1.807, 2.05) is 32.0 Å². The number of amides is 1. The molecule has 0 saturated heterocycles. The van der Waals surface area contributed by atoms with Crippen molar-refractivity contribution in [3.63, 3.8) is 0 Å². The van der Waals surface area contributed by atoms with E-state index < -0.39 is 10.5 Å². The van der Waals surface area contributed by atoms with Crippen molar-refractivity contribution in [1.82, 2.24) is 14.9 Å². The molecular weight excluding hydrogens is 416 g/mol. The minimum atomic E-state index is -0.583. The molecule has 32 heavy (non-hydrogen) atoms. The molecule has 0 fully saturated rings. The van der Waals surface area contributed by atoms with Crippen molar-refractivity contribution in [2.24, 2.45) is 0 Å². The summed E-state index contributed by atoms with van der Waals surface area (Å²) in [4.78, 5) is 39.4. The summed E-state index contributed by atoms with van der Waals surface area (Å²) in [6.45, 7) is 4.96. The monoisotopic (exact) mass is 440 g/mol. The SMILES string of the molecule is CCOc1ccc(CCNC(=O)Cn2cnc3ccc([N+](=O)[O-])cc3c2=O)cc1OCC. The van der Waals surface area contributed by atoms with Crippen LogP contribution in [0.4, 0.5) is 5.69 Å². The Hall–Kier alpha value is -3.95. The number of rotatable bonds is 10. The molecule has 0 spiro atoms. The highest BCUT2D eigenvalue weighted by molar-refractivity contribution is 5.80. The first kappa shape index (κ1) is 22.7. The third-order valence-electron chi connectivity index (χ3n) is 4.68. The number of ether oxygens (including phenoxy) is 2. The number of non-ortho nitro benzene ring substituents is 1. The average molecular weight is 440 g/mol. The zero-order valence-electron chi connectivity index (χ0n) is 17.9. The number of nitro benzene ring substituents is 1. The number of hydrogen-bond donors (Lipinski definition) is 1. The highest BCUT2D eigenvalue weighted by Gasteiger charge is 2.13. The molecule has 168 valence electrons. The molecule has 0 unspecified atom stereocenters. The molecule has 0 bridgehead atoms. The molecule has 10 heteroatoms. The van der Waals surface area contributed by atoms with Gasteiger partial charge in [-0.3, -0.25) is 24.3 Å². The van der Waals surface area contributed by atoms with E-state index in [1.54, 1.807) is 0 Å². The number of aromatic nitrogens is 2. The van der Waals surface area contributed by atoms with E-state index in [0.29, 0.717) is 43.2 Å². The average Bonchev–Trinajstić information content (AvgIpc) is 2.77. The molecule has 0 radical (unpaired) electrons. The number of benzene rings is 2. The first-order chi connectivity index (χ1) is 15.4. The molecular formula is C22H24N4O6. The summed E-state index contributed by atoms with van der Waals surface area (Å²) in [7, 11) is 0. The largest absolute Gasteiger partial charge is 0.490 e. The Morgan fingerprint density at radius 1 is 1.12 bits per heavy atom. The minimum absolute atomic E-state index is 0.0901. The fourth-order valence-electron chi connectivity index (χ4n) is 3.18. The fourth-order valence-corrected chi connectivity index (χ4v) is 3.18. The quantitative estimate of drug-likeness (QED) is 0.379. The number of fused-ring (bicyclic) bond motifs is 1. The Morgan fingerprint density at radius 3 is 2.59 bits per heavy atom. The third kappa shape index (κ3) is 5.39. The topological polar surface area (TPSA) is 126 Å². The van der Waals surface area contributed by atoms with Gasteiger partial charge in [0, 0.05) is 18.7 Å². The maximum absolute atomic E-state index is 12.6. The smallest absolute Gasteiger partial charge is 0.270 e. The van der Waals surface area contributed by atoms with Crippen LogP contribution in [-0.2, 0) is 17.8 Å². The Bertz CT molecular complexity index is 1190. The molecule has 0 aliphatic heterocycles. The maximum atomic E-state index is 12.6. The lowest BCUT2D eigenvalue weighted by molar-refractivity contribution is -0.384. The summed E-state index contributed by atoms with van der Waals surface area (Å²) in [6.07, 6.45) is 1.83. The molecule has 0 aliphatic rings. The highest BCUT2D eigenvalue weighted by atomic mass is 16.6. The third-order valence-corrected chi connectivity index (χ3v) is 4.68. The number of nitro groups is 1. The van der Waals surface area contributed by atoms with Gasteiger partial charge in [-0.25, -0.2) is 4.98 Å². The van der Waals surface area contributed by atoms with Gasteiger partial charge in [0.25, 0.3) is 11.2 Å². The van der Waals surface area contributed by atoms with E-state index in [9.17, 15) is 19.7 Å². The molecule has 2 aromatic carbocycles. The van der Waals surface area contributed by atoms with E-state index in [4.69, 9.17) is 9.47 Å². The molecule has 1 amide bonds. The van der Waals surface area contributed by atoms with Gasteiger partial charge in [0.15, 0.2) is 11.5 Å². The normalized spacial score (nSPS) is 10.7. The van der Waals surface area contributed by atoms with Gasteiger partial charge in [0.2, 0.25) is 5.91 Å². The van der Waals surface area contributed by atoms with E-state index in [2.05, 4.69) is 10.3 Å².